The summed E-state index contributed by atoms with van der Waals surface area (Å²) in [6, 6.07) is 24.3. The number of aromatic nitrogens is 2. The van der Waals surface area contributed by atoms with E-state index in [4.69, 9.17) is 0 Å². The number of nitrogens with one attached hydrogen (secondary N) is 1. The molecule has 1 aliphatic rings. The van der Waals surface area contributed by atoms with E-state index in [0.29, 0.717) is 36.4 Å². The topological polar surface area (TPSA) is 75.2 Å². The molecule has 1 aliphatic heterocycles. The smallest absolute Gasteiger partial charge is 0.306 e. The molecule has 1 aromatic heterocycles. The molecule has 3 aromatic carbocycles. The zero-order valence-electron chi connectivity index (χ0n) is 16.9. The fourth-order valence-corrected chi connectivity index (χ4v) is 6.15. The molecule has 0 amide bonds. The second-order valence-corrected chi connectivity index (χ2v) is 9.72. The highest BCUT2D eigenvalue weighted by atomic mass is 32.2. The third-order valence-corrected chi connectivity index (χ3v) is 7.96. The van der Waals surface area contributed by atoms with Gasteiger partial charge in [0.25, 0.3) is 0 Å². The third-order valence-electron chi connectivity index (χ3n) is 6.00. The Morgan fingerprint density at radius 1 is 0.806 bits per heavy atom. The average molecular weight is 434 g/mol. The van der Waals surface area contributed by atoms with Gasteiger partial charge in [-0.15, -0.1) is 0 Å². The van der Waals surface area contributed by atoms with Crippen LogP contribution in [0.5, 0.6) is 0 Å². The van der Waals surface area contributed by atoms with Crippen molar-refractivity contribution in [3.63, 3.8) is 0 Å². The van der Waals surface area contributed by atoms with E-state index in [9.17, 15) is 13.2 Å². The number of piperidine rings is 1. The van der Waals surface area contributed by atoms with Crippen molar-refractivity contribution in [2.75, 3.05) is 13.1 Å². The van der Waals surface area contributed by atoms with E-state index in [2.05, 4.69) is 4.98 Å². The minimum atomic E-state index is -3.65. The first-order valence-electron chi connectivity index (χ1n) is 10.4. The molecule has 0 unspecified atom stereocenters. The first-order valence-corrected chi connectivity index (χ1v) is 11.8. The molecule has 0 aliphatic carbocycles. The Kier molecular flexibility index (Phi) is 5.00. The lowest BCUT2D eigenvalue weighted by Crippen LogP contribution is -2.40. The van der Waals surface area contributed by atoms with E-state index in [1.165, 1.54) is 0 Å². The van der Waals surface area contributed by atoms with E-state index in [-0.39, 0.29) is 11.7 Å². The summed E-state index contributed by atoms with van der Waals surface area (Å²) in [5.41, 5.74) is 3.11. The van der Waals surface area contributed by atoms with Crippen molar-refractivity contribution in [3.8, 4) is 11.1 Å². The fourth-order valence-electron chi connectivity index (χ4n) is 4.46. The Hall–Kier alpha value is -3.16. The number of hydrogen-bond donors (Lipinski definition) is 1. The quantitative estimate of drug-likeness (QED) is 0.528. The Morgan fingerprint density at radius 3 is 2.23 bits per heavy atom. The zero-order chi connectivity index (χ0) is 21.4. The molecule has 1 fully saturated rings. The van der Waals surface area contributed by atoms with Gasteiger partial charge in [-0.05, 0) is 36.6 Å². The number of benzene rings is 3. The van der Waals surface area contributed by atoms with Crippen molar-refractivity contribution < 1.29 is 8.42 Å². The molecule has 0 atom stereocenters. The van der Waals surface area contributed by atoms with Crippen LogP contribution < -0.4 is 5.69 Å². The first-order chi connectivity index (χ1) is 15.1. The molecule has 7 heteroatoms. The van der Waals surface area contributed by atoms with Gasteiger partial charge in [-0.25, -0.2) is 13.2 Å². The Bertz CT molecular complexity index is 1380. The number of rotatable bonds is 4. The summed E-state index contributed by atoms with van der Waals surface area (Å²) in [7, 11) is -3.65. The Balaban J connectivity index is 1.42. The molecule has 0 radical (unpaired) electrons. The van der Waals surface area contributed by atoms with Crippen molar-refractivity contribution >= 4 is 21.1 Å². The first kappa shape index (κ1) is 19.8. The van der Waals surface area contributed by atoms with E-state index in [0.717, 1.165) is 16.6 Å². The molecular formula is C24H23N3O3S. The Morgan fingerprint density at radius 2 is 1.45 bits per heavy atom. The SMILES string of the molecule is O=c1[nH]c2ccccc2n1C1CCN(S(=O)(=O)c2ccccc2-c2ccccc2)CC1. The molecule has 0 spiro atoms. The lowest BCUT2D eigenvalue weighted by molar-refractivity contribution is 0.274. The summed E-state index contributed by atoms with van der Waals surface area (Å²) in [5, 5.41) is 0. The molecule has 1 saturated heterocycles. The molecule has 0 bridgehead atoms. The van der Waals surface area contributed by atoms with E-state index in [1.54, 1.807) is 21.0 Å². The number of imidazole rings is 1. The maximum atomic E-state index is 13.5. The largest absolute Gasteiger partial charge is 0.326 e. The van der Waals surface area contributed by atoms with Crippen LogP contribution in [0.25, 0.3) is 22.2 Å². The van der Waals surface area contributed by atoms with Crippen LogP contribution in [0.2, 0.25) is 0 Å². The lowest BCUT2D eigenvalue weighted by Gasteiger charge is -2.32. The van der Waals surface area contributed by atoms with Gasteiger partial charge in [-0.1, -0.05) is 60.7 Å². The van der Waals surface area contributed by atoms with Crippen LogP contribution in [0, 0.1) is 0 Å². The average Bonchev–Trinajstić information content (AvgIpc) is 3.15. The molecule has 2 heterocycles. The predicted octanol–water partition coefficient (Wildman–Crippen LogP) is 4.02. The van der Waals surface area contributed by atoms with Gasteiger partial charge in [-0.3, -0.25) is 4.57 Å². The summed E-state index contributed by atoms with van der Waals surface area (Å²) in [6.45, 7) is 0.754. The molecule has 158 valence electrons. The monoisotopic (exact) mass is 433 g/mol. The van der Waals surface area contributed by atoms with Gasteiger partial charge in [0.1, 0.15) is 0 Å². The second-order valence-electron chi connectivity index (χ2n) is 7.81. The van der Waals surface area contributed by atoms with Gasteiger partial charge in [0.05, 0.1) is 15.9 Å². The molecule has 4 aromatic rings. The highest BCUT2D eigenvalue weighted by Crippen LogP contribution is 2.32. The molecule has 0 saturated carbocycles. The number of para-hydroxylation sites is 2. The van der Waals surface area contributed by atoms with Gasteiger partial charge in [0.2, 0.25) is 10.0 Å². The number of aromatic amines is 1. The summed E-state index contributed by atoms with van der Waals surface area (Å²) < 4.78 is 30.3. The van der Waals surface area contributed by atoms with Gasteiger partial charge in [0.15, 0.2) is 0 Å². The fraction of sp³-hybridized carbons (Fsp3) is 0.208. The number of nitrogens with zero attached hydrogens (tertiary/aromatic N) is 2. The second kappa shape index (κ2) is 7.83. The molecule has 31 heavy (non-hydrogen) atoms. The molecule has 6 nitrogen and oxygen atoms in total. The molecule has 5 rings (SSSR count). The third kappa shape index (κ3) is 3.49. The van der Waals surface area contributed by atoms with Crippen LogP contribution in [0.4, 0.5) is 0 Å². The van der Waals surface area contributed by atoms with Gasteiger partial charge in [0, 0.05) is 24.7 Å². The van der Waals surface area contributed by atoms with Crippen molar-refractivity contribution in [2.24, 2.45) is 0 Å². The van der Waals surface area contributed by atoms with Crippen LogP contribution in [0.3, 0.4) is 0 Å². The summed E-state index contributed by atoms with van der Waals surface area (Å²) in [6.07, 6.45) is 1.18. The van der Waals surface area contributed by atoms with Crippen molar-refractivity contribution in [3.05, 3.63) is 89.3 Å². The van der Waals surface area contributed by atoms with Crippen LogP contribution in [-0.4, -0.2) is 35.4 Å². The summed E-state index contributed by atoms with van der Waals surface area (Å²) in [5.74, 6) is 0. The highest BCUT2D eigenvalue weighted by Gasteiger charge is 2.32. The maximum absolute atomic E-state index is 13.5. The number of H-pyrrole nitrogens is 1. The van der Waals surface area contributed by atoms with Gasteiger partial charge < -0.3 is 4.98 Å². The van der Waals surface area contributed by atoms with Crippen molar-refractivity contribution in [1.82, 2.24) is 13.9 Å². The van der Waals surface area contributed by atoms with Crippen molar-refractivity contribution in [1.29, 1.82) is 0 Å². The van der Waals surface area contributed by atoms with Crippen molar-refractivity contribution in [2.45, 2.75) is 23.8 Å². The van der Waals surface area contributed by atoms with Crippen LogP contribution >= 0.6 is 0 Å². The standard InChI is InChI=1S/C24H23N3O3S/c28-24-25-21-11-5-6-12-22(21)27(24)19-14-16-26(17-15-19)31(29,30)23-13-7-4-10-20(23)18-8-2-1-3-9-18/h1-13,19H,14-17H2,(H,25,28). The van der Waals surface area contributed by atoms with Crippen LogP contribution in [0.15, 0.2) is 88.6 Å². The number of hydrogen-bond acceptors (Lipinski definition) is 3. The minimum Gasteiger partial charge on any atom is -0.306 e. The summed E-state index contributed by atoms with van der Waals surface area (Å²) in [4.78, 5) is 15.7. The maximum Gasteiger partial charge on any atom is 0.326 e. The van der Waals surface area contributed by atoms with E-state index < -0.39 is 10.0 Å². The number of sulfonamides is 1. The van der Waals surface area contributed by atoms with Crippen LogP contribution in [0.1, 0.15) is 18.9 Å². The lowest BCUT2D eigenvalue weighted by atomic mass is 10.1. The summed E-state index contributed by atoms with van der Waals surface area (Å²) >= 11 is 0. The van der Waals surface area contributed by atoms with Crippen LogP contribution in [-0.2, 0) is 10.0 Å². The number of fused-ring (bicyclic) bond motifs is 1. The van der Waals surface area contributed by atoms with Gasteiger partial charge in [-0.2, -0.15) is 4.31 Å². The minimum absolute atomic E-state index is 0.0283. The normalized spacial score (nSPS) is 16.0. The van der Waals surface area contributed by atoms with E-state index >= 15 is 0 Å². The molecular weight excluding hydrogens is 410 g/mol. The highest BCUT2D eigenvalue weighted by molar-refractivity contribution is 7.89. The van der Waals surface area contributed by atoms with Gasteiger partial charge >= 0.3 is 5.69 Å². The molecule has 1 N–H and O–H groups in total. The Labute approximate surface area is 180 Å². The van der Waals surface area contributed by atoms with E-state index in [1.807, 2.05) is 66.7 Å². The predicted molar refractivity (Wildman–Crippen MR) is 121 cm³/mol. The zero-order valence-corrected chi connectivity index (χ0v) is 17.8.